The average Bonchev–Trinajstić information content (AvgIpc) is 2.19. The van der Waals surface area contributed by atoms with E-state index in [1.807, 2.05) is 0 Å². The van der Waals surface area contributed by atoms with Gasteiger partial charge in [-0.15, -0.1) is 0 Å². The van der Waals surface area contributed by atoms with Gasteiger partial charge in [-0.05, 0) is 36.3 Å². The Kier molecular flexibility index (Phi) is 3.34. The van der Waals surface area contributed by atoms with Crippen molar-refractivity contribution in [2.24, 2.45) is 5.92 Å². The van der Waals surface area contributed by atoms with E-state index in [1.54, 1.807) is 0 Å². The molecule has 0 radical (unpaired) electrons. The van der Waals surface area contributed by atoms with Gasteiger partial charge < -0.3 is 5.11 Å². The van der Waals surface area contributed by atoms with Crippen LogP contribution in [0.25, 0.3) is 0 Å². The number of rotatable bonds is 4. The molecule has 0 aromatic heterocycles. The van der Waals surface area contributed by atoms with Crippen LogP contribution in [0.1, 0.15) is 44.2 Å². The molecule has 1 aliphatic rings. The first-order valence-corrected chi connectivity index (χ1v) is 6.36. The summed E-state index contributed by atoms with van der Waals surface area (Å²) in [5.74, 6) is 0.710. The average molecular weight is 218 g/mol. The summed E-state index contributed by atoms with van der Waals surface area (Å²) in [6, 6.07) is 8.89. The summed E-state index contributed by atoms with van der Waals surface area (Å²) in [6.45, 7) is 4.79. The topological polar surface area (TPSA) is 20.2 Å². The van der Waals surface area contributed by atoms with E-state index in [4.69, 9.17) is 0 Å². The molecule has 1 aromatic rings. The minimum absolute atomic E-state index is 0.0936. The van der Waals surface area contributed by atoms with Gasteiger partial charge in [-0.3, -0.25) is 0 Å². The molecule has 0 heterocycles. The molecule has 0 unspecified atom stereocenters. The van der Waals surface area contributed by atoms with E-state index in [0.29, 0.717) is 12.5 Å². The number of aliphatic hydroxyl groups is 1. The Morgan fingerprint density at radius 1 is 1.19 bits per heavy atom. The third-order valence-electron chi connectivity index (χ3n) is 3.82. The first-order chi connectivity index (χ1) is 7.66. The third kappa shape index (κ3) is 2.15. The molecule has 0 amide bonds. The molecule has 88 valence electrons. The highest BCUT2D eigenvalue weighted by atomic mass is 16.3. The van der Waals surface area contributed by atoms with Crippen LogP contribution in [0, 0.1) is 5.92 Å². The largest absolute Gasteiger partial charge is 0.395 e. The summed E-state index contributed by atoms with van der Waals surface area (Å²) in [6.07, 6.45) is 4.70. The normalized spacial score (nSPS) is 18.5. The highest BCUT2D eigenvalue weighted by Gasteiger charge is 2.37. The zero-order valence-corrected chi connectivity index (χ0v) is 10.4. The second-order valence-corrected chi connectivity index (χ2v) is 5.59. The number of hydrogen-bond donors (Lipinski definition) is 1. The van der Waals surface area contributed by atoms with Gasteiger partial charge in [-0.2, -0.15) is 0 Å². The molecule has 0 saturated heterocycles. The van der Waals surface area contributed by atoms with Crippen molar-refractivity contribution in [2.45, 2.75) is 44.9 Å². The Labute approximate surface area is 98.5 Å². The molecule has 0 bridgehead atoms. The van der Waals surface area contributed by atoms with Crippen LogP contribution in [0.2, 0.25) is 0 Å². The second kappa shape index (κ2) is 4.58. The SMILES string of the molecule is CC(C)Cc1ccc(C2(CO)CCC2)cc1. The monoisotopic (exact) mass is 218 g/mol. The maximum Gasteiger partial charge on any atom is 0.0527 e. The predicted molar refractivity (Wildman–Crippen MR) is 67.6 cm³/mol. The molecule has 1 N–H and O–H groups in total. The lowest BCUT2D eigenvalue weighted by molar-refractivity contribution is 0.120. The molecular formula is C15H22O. The van der Waals surface area contributed by atoms with Crippen LogP contribution in [0.5, 0.6) is 0 Å². The minimum atomic E-state index is 0.0936. The van der Waals surface area contributed by atoms with E-state index in [9.17, 15) is 5.11 Å². The molecule has 1 aromatic carbocycles. The van der Waals surface area contributed by atoms with Gasteiger partial charge in [0.2, 0.25) is 0 Å². The Bertz CT molecular complexity index is 327. The lowest BCUT2D eigenvalue weighted by Crippen LogP contribution is -2.37. The molecular weight excluding hydrogens is 196 g/mol. The zero-order chi connectivity index (χ0) is 11.6. The van der Waals surface area contributed by atoms with Gasteiger partial charge in [0.15, 0.2) is 0 Å². The third-order valence-corrected chi connectivity index (χ3v) is 3.82. The lowest BCUT2D eigenvalue weighted by atomic mass is 9.65. The van der Waals surface area contributed by atoms with Crippen molar-refractivity contribution < 1.29 is 5.11 Å². The molecule has 0 spiro atoms. The Balaban J connectivity index is 2.12. The molecule has 1 saturated carbocycles. The van der Waals surface area contributed by atoms with E-state index >= 15 is 0 Å². The van der Waals surface area contributed by atoms with Crippen molar-refractivity contribution in [1.82, 2.24) is 0 Å². The Hall–Kier alpha value is -0.820. The Morgan fingerprint density at radius 3 is 2.19 bits per heavy atom. The molecule has 1 nitrogen and oxygen atoms in total. The van der Waals surface area contributed by atoms with E-state index in [-0.39, 0.29) is 5.41 Å². The zero-order valence-electron chi connectivity index (χ0n) is 10.4. The summed E-state index contributed by atoms with van der Waals surface area (Å²) in [5, 5.41) is 9.50. The quantitative estimate of drug-likeness (QED) is 0.822. The van der Waals surface area contributed by atoms with Gasteiger partial charge in [0.25, 0.3) is 0 Å². The van der Waals surface area contributed by atoms with Gasteiger partial charge in [-0.1, -0.05) is 44.5 Å². The number of benzene rings is 1. The van der Waals surface area contributed by atoms with Crippen LogP contribution < -0.4 is 0 Å². The molecule has 1 aliphatic carbocycles. The molecule has 0 aliphatic heterocycles. The van der Waals surface area contributed by atoms with E-state index in [1.165, 1.54) is 17.5 Å². The molecule has 1 heteroatoms. The fourth-order valence-corrected chi connectivity index (χ4v) is 2.61. The van der Waals surface area contributed by atoms with Crippen LogP contribution in [-0.4, -0.2) is 11.7 Å². The minimum Gasteiger partial charge on any atom is -0.395 e. The van der Waals surface area contributed by atoms with Gasteiger partial charge in [0.1, 0.15) is 0 Å². The van der Waals surface area contributed by atoms with Crippen molar-refractivity contribution in [1.29, 1.82) is 0 Å². The van der Waals surface area contributed by atoms with Gasteiger partial charge in [0.05, 0.1) is 6.61 Å². The summed E-state index contributed by atoms with van der Waals surface area (Å²) in [4.78, 5) is 0. The summed E-state index contributed by atoms with van der Waals surface area (Å²) in [5.41, 5.74) is 2.83. The standard InChI is InChI=1S/C15H22O/c1-12(2)10-13-4-6-14(7-5-13)15(11-16)8-3-9-15/h4-7,12,16H,3,8-11H2,1-2H3. The fraction of sp³-hybridized carbons (Fsp3) is 0.600. The maximum absolute atomic E-state index is 9.50. The van der Waals surface area contributed by atoms with E-state index < -0.39 is 0 Å². The van der Waals surface area contributed by atoms with Crippen molar-refractivity contribution in [2.75, 3.05) is 6.61 Å². The highest BCUT2D eigenvalue weighted by Crippen LogP contribution is 2.43. The summed E-state index contributed by atoms with van der Waals surface area (Å²) < 4.78 is 0. The maximum atomic E-state index is 9.50. The summed E-state index contributed by atoms with van der Waals surface area (Å²) in [7, 11) is 0. The van der Waals surface area contributed by atoms with Crippen molar-refractivity contribution in [3.05, 3.63) is 35.4 Å². The first kappa shape index (κ1) is 11.7. The van der Waals surface area contributed by atoms with Gasteiger partial charge in [-0.25, -0.2) is 0 Å². The smallest absolute Gasteiger partial charge is 0.0527 e. The van der Waals surface area contributed by atoms with E-state index in [0.717, 1.165) is 19.3 Å². The fourth-order valence-electron chi connectivity index (χ4n) is 2.61. The molecule has 1 fully saturated rings. The van der Waals surface area contributed by atoms with Crippen molar-refractivity contribution >= 4 is 0 Å². The molecule has 16 heavy (non-hydrogen) atoms. The van der Waals surface area contributed by atoms with E-state index in [2.05, 4.69) is 38.1 Å². The van der Waals surface area contributed by atoms with Crippen LogP contribution in [0.4, 0.5) is 0 Å². The first-order valence-electron chi connectivity index (χ1n) is 6.36. The van der Waals surface area contributed by atoms with Gasteiger partial charge >= 0.3 is 0 Å². The Morgan fingerprint density at radius 2 is 1.81 bits per heavy atom. The molecule has 2 rings (SSSR count). The highest BCUT2D eigenvalue weighted by molar-refractivity contribution is 5.31. The second-order valence-electron chi connectivity index (χ2n) is 5.59. The van der Waals surface area contributed by atoms with Crippen molar-refractivity contribution in [3.63, 3.8) is 0 Å². The number of hydrogen-bond acceptors (Lipinski definition) is 1. The summed E-state index contributed by atoms with van der Waals surface area (Å²) >= 11 is 0. The van der Waals surface area contributed by atoms with Crippen LogP contribution in [0.3, 0.4) is 0 Å². The lowest BCUT2D eigenvalue weighted by Gasteiger charge is -2.41. The van der Waals surface area contributed by atoms with Gasteiger partial charge in [0, 0.05) is 5.41 Å². The number of aliphatic hydroxyl groups excluding tert-OH is 1. The molecule has 0 atom stereocenters. The van der Waals surface area contributed by atoms with Crippen molar-refractivity contribution in [3.8, 4) is 0 Å². The predicted octanol–water partition coefficient (Wildman–Crippen LogP) is 3.30. The van der Waals surface area contributed by atoms with Crippen LogP contribution in [-0.2, 0) is 11.8 Å². The van der Waals surface area contributed by atoms with Crippen LogP contribution in [0.15, 0.2) is 24.3 Å². The van der Waals surface area contributed by atoms with Crippen LogP contribution >= 0.6 is 0 Å².